The molecule has 2 rings (SSSR count). The molecule has 1 fully saturated rings. The van der Waals surface area contributed by atoms with Crippen LogP contribution >= 0.6 is 15.9 Å². The Morgan fingerprint density at radius 2 is 1.94 bits per heavy atom. The van der Waals surface area contributed by atoms with Crippen LogP contribution in [0.1, 0.15) is 38.5 Å². The minimum atomic E-state index is -0.390. The van der Waals surface area contributed by atoms with Crippen LogP contribution < -0.4 is 4.74 Å². The molecular weight excluding hydrogens is 273 g/mol. The van der Waals surface area contributed by atoms with Crippen molar-refractivity contribution in [2.24, 2.45) is 0 Å². The van der Waals surface area contributed by atoms with Gasteiger partial charge in [0.05, 0.1) is 0 Å². The highest BCUT2D eigenvalue weighted by atomic mass is 79.9. The van der Waals surface area contributed by atoms with Gasteiger partial charge < -0.3 is 4.74 Å². The van der Waals surface area contributed by atoms with Gasteiger partial charge in [0.2, 0.25) is 0 Å². The van der Waals surface area contributed by atoms with E-state index in [1.54, 1.807) is 6.20 Å². The van der Waals surface area contributed by atoms with Crippen molar-refractivity contribution >= 4 is 15.9 Å². The molecule has 0 N–H and O–H groups in total. The summed E-state index contributed by atoms with van der Waals surface area (Å²) < 4.78 is 19.7. The summed E-state index contributed by atoms with van der Waals surface area (Å²) in [6.07, 6.45) is 8.58. The molecule has 0 spiro atoms. The number of rotatable bonds is 2. The summed E-state index contributed by atoms with van der Waals surface area (Å²) in [7, 11) is 0. The average Bonchev–Trinajstić information content (AvgIpc) is 2.51. The zero-order valence-electron chi connectivity index (χ0n) is 9.09. The second-order valence-corrected chi connectivity index (χ2v) is 5.09. The maximum absolute atomic E-state index is 13.5. The molecule has 1 aromatic heterocycles. The Morgan fingerprint density at radius 1 is 1.25 bits per heavy atom. The number of nitrogens with zero attached hydrogens (tertiary/aromatic N) is 1. The van der Waals surface area contributed by atoms with Crippen molar-refractivity contribution < 1.29 is 9.13 Å². The number of hydrogen-bond acceptors (Lipinski definition) is 2. The number of halogens is 2. The molecule has 0 radical (unpaired) electrons. The summed E-state index contributed by atoms with van der Waals surface area (Å²) in [6.45, 7) is 0. The second kappa shape index (κ2) is 5.62. The molecule has 1 aromatic rings. The molecule has 0 saturated heterocycles. The highest BCUT2D eigenvalue weighted by Crippen LogP contribution is 2.24. The topological polar surface area (TPSA) is 22.1 Å². The SMILES string of the molecule is Fc1cc(Br)cnc1OC1CCCCCC1. The third-order valence-corrected chi connectivity index (χ3v) is 3.29. The van der Waals surface area contributed by atoms with Crippen LogP contribution in [-0.2, 0) is 0 Å². The molecule has 0 amide bonds. The molecule has 4 heteroatoms. The monoisotopic (exact) mass is 287 g/mol. The van der Waals surface area contributed by atoms with Gasteiger partial charge in [0.1, 0.15) is 6.10 Å². The van der Waals surface area contributed by atoms with Gasteiger partial charge in [-0.1, -0.05) is 12.8 Å². The van der Waals surface area contributed by atoms with Crippen molar-refractivity contribution in [1.82, 2.24) is 4.98 Å². The summed E-state index contributed by atoms with van der Waals surface area (Å²) in [4.78, 5) is 3.96. The first-order chi connectivity index (χ1) is 7.75. The van der Waals surface area contributed by atoms with Crippen LogP contribution in [0.2, 0.25) is 0 Å². The molecular formula is C12H15BrFNO. The van der Waals surface area contributed by atoms with E-state index < -0.39 is 5.82 Å². The summed E-state index contributed by atoms with van der Waals surface area (Å²) in [5.41, 5.74) is 0. The lowest BCUT2D eigenvalue weighted by molar-refractivity contribution is 0.168. The normalized spacial score (nSPS) is 18.1. The van der Waals surface area contributed by atoms with Crippen LogP contribution in [0.4, 0.5) is 4.39 Å². The van der Waals surface area contributed by atoms with Crippen LogP contribution in [0.5, 0.6) is 5.88 Å². The van der Waals surface area contributed by atoms with Crippen molar-refractivity contribution in [2.45, 2.75) is 44.6 Å². The highest BCUT2D eigenvalue weighted by Gasteiger charge is 2.16. The van der Waals surface area contributed by atoms with E-state index >= 15 is 0 Å². The zero-order chi connectivity index (χ0) is 11.4. The van der Waals surface area contributed by atoms with Crippen molar-refractivity contribution in [1.29, 1.82) is 0 Å². The van der Waals surface area contributed by atoms with Crippen molar-refractivity contribution in [3.8, 4) is 5.88 Å². The van der Waals surface area contributed by atoms with Gasteiger partial charge in [-0.2, -0.15) is 0 Å². The molecule has 0 unspecified atom stereocenters. The minimum Gasteiger partial charge on any atom is -0.472 e. The molecule has 1 saturated carbocycles. The Bertz CT molecular complexity index is 351. The van der Waals surface area contributed by atoms with E-state index in [-0.39, 0.29) is 12.0 Å². The summed E-state index contributed by atoms with van der Waals surface area (Å²) in [5.74, 6) is -0.256. The van der Waals surface area contributed by atoms with Crippen LogP contribution in [-0.4, -0.2) is 11.1 Å². The Morgan fingerprint density at radius 3 is 2.56 bits per heavy atom. The van der Waals surface area contributed by atoms with Gasteiger partial charge in [-0.15, -0.1) is 0 Å². The number of ether oxygens (including phenoxy) is 1. The lowest BCUT2D eigenvalue weighted by atomic mass is 10.1. The molecule has 0 aromatic carbocycles. The minimum absolute atomic E-state index is 0.130. The Kier molecular flexibility index (Phi) is 4.16. The average molecular weight is 288 g/mol. The van der Waals surface area contributed by atoms with E-state index in [9.17, 15) is 4.39 Å². The van der Waals surface area contributed by atoms with E-state index in [0.717, 1.165) is 12.8 Å². The third-order valence-electron chi connectivity index (χ3n) is 2.85. The highest BCUT2D eigenvalue weighted by molar-refractivity contribution is 9.10. The summed E-state index contributed by atoms with van der Waals surface area (Å²) in [6, 6.07) is 1.39. The van der Waals surface area contributed by atoms with Crippen molar-refractivity contribution in [3.63, 3.8) is 0 Å². The predicted molar refractivity (Wildman–Crippen MR) is 64.0 cm³/mol. The quantitative estimate of drug-likeness (QED) is 0.765. The van der Waals surface area contributed by atoms with E-state index in [4.69, 9.17) is 4.74 Å². The Labute approximate surface area is 103 Å². The van der Waals surface area contributed by atoms with Crippen LogP contribution in [0.25, 0.3) is 0 Å². The smallest absolute Gasteiger partial charge is 0.250 e. The maximum Gasteiger partial charge on any atom is 0.250 e. The Balaban J connectivity index is 2.01. The lowest BCUT2D eigenvalue weighted by Gasteiger charge is -2.16. The molecule has 1 aliphatic carbocycles. The first-order valence-corrected chi connectivity index (χ1v) is 6.53. The van der Waals surface area contributed by atoms with Crippen LogP contribution in [0.15, 0.2) is 16.7 Å². The lowest BCUT2D eigenvalue weighted by Crippen LogP contribution is -2.16. The molecule has 1 aliphatic rings. The van der Waals surface area contributed by atoms with Crippen LogP contribution in [0.3, 0.4) is 0 Å². The molecule has 88 valence electrons. The fourth-order valence-electron chi connectivity index (χ4n) is 2.01. The molecule has 0 bridgehead atoms. The molecule has 0 atom stereocenters. The third kappa shape index (κ3) is 3.17. The van der Waals surface area contributed by atoms with Crippen LogP contribution in [0, 0.1) is 5.82 Å². The van der Waals surface area contributed by atoms with E-state index in [1.165, 1.54) is 31.7 Å². The zero-order valence-corrected chi connectivity index (χ0v) is 10.7. The molecule has 2 nitrogen and oxygen atoms in total. The fraction of sp³-hybridized carbons (Fsp3) is 0.583. The van der Waals surface area contributed by atoms with Gasteiger partial charge in [-0.05, 0) is 47.7 Å². The first kappa shape index (κ1) is 11.8. The number of pyridine rings is 1. The maximum atomic E-state index is 13.5. The van der Waals surface area contributed by atoms with Gasteiger partial charge in [-0.25, -0.2) is 9.37 Å². The van der Waals surface area contributed by atoms with E-state index in [0.29, 0.717) is 4.47 Å². The van der Waals surface area contributed by atoms with Crippen molar-refractivity contribution in [3.05, 3.63) is 22.6 Å². The number of aromatic nitrogens is 1. The fourth-order valence-corrected chi connectivity index (χ4v) is 2.31. The molecule has 1 heterocycles. The number of hydrogen-bond donors (Lipinski definition) is 0. The molecule has 0 aliphatic heterocycles. The van der Waals surface area contributed by atoms with E-state index in [2.05, 4.69) is 20.9 Å². The standard InChI is InChI=1S/C12H15BrFNO/c13-9-7-11(14)12(15-8-9)16-10-5-3-1-2-4-6-10/h7-8,10H,1-6H2. The van der Waals surface area contributed by atoms with Crippen molar-refractivity contribution in [2.75, 3.05) is 0 Å². The van der Waals surface area contributed by atoms with Gasteiger partial charge in [0, 0.05) is 10.7 Å². The van der Waals surface area contributed by atoms with Gasteiger partial charge in [-0.3, -0.25) is 0 Å². The largest absolute Gasteiger partial charge is 0.472 e. The van der Waals surface area contributed by atoms with Gasteiger partial charge in [0.15, 0.2) is 5.82 Å². The first-order valence-electron chi connectivity index (χ1n) is 5.73. The second-order valence-electron chi connectivity index (χ2n) is 4.17. The summed E-state index contributed by atoms with van der Waals surface area (Å²) in [5, 5.41) is 0. The predicted octanol–water partition coefficient (Wildman–Crippen LogP) is 4.08. The summed E-state index contributed by atoms with van der Waals surface area (Å²) >= 11 is 3.18. The van der Waals surface area contributed by atoms with Gasteiger partial charge >= 0.3 is 0 Å². The van der Waals surface area contributed by atoms with E-state index in [1.807, 2.05) is 0 Å². The Hall–Kier alpha value is -0.640. The molecule has 16 heavy (non-hydrogen) atoms. The van der Waals surface area contributed by atoms with Gasteiger partial charge in [0.25, 0.3) is 5.88 Å².